The van der Waals surface area contributed by atoms with Crippen molar-refractivity contribution in [3.8, 4) is 5.75 Å². The summed E-state index contributed by atoms with van der Waals surface area (Å²) in [5, 5.41) is 9.31. The van der Waals surface area contributed by atoms with Gasteiger partial charge in [0.1, 0.15) is 12.4 Å². The summed E-state index contributed by atoms with van der Waals surface area (Å²) in [6, 6.07) is 7.78. The highest BCUT2D eigenvalue weighted by atomic mass is 16.5. The summed E-state index contributed by atoms with van der Waals surface area (Å²) in [5.41, 5.74) is 3.84. The molecule has 0 unspecified atom stereocenters. The van der Waals surface area contributed by atoms with Crippen LogP contribution < -0.4 is 4.74 Å². The van der Waals surface area contributed by atoms with E-state index in [0.717, 1.165) is 47.8 Å². The number of rotatable bonds is 4. The van der Waals surface area contributed by atoms with Crippen LogP contribution in [-0.4, -0.2) is 33.5 Å². The Labute approximate surface area is 136 Å². The van der Waals surface area contributed by atoms with Crippen molar-refractivity contribution < 1.29 is 14.6 Å². The van der Waals surface area contributed by atoms with Crippen LogP contribution in [0.25, 0.3) is 0 Å². The second kappa shape index (κ2) is 6.56. The van der Waals surface area contributed by atoms with Crippen LogP contribution in [0.2, 0.25) is 0 Å². The Morgan fingerprint density at radius 3 is 2.87 bits per heavy atom. The Hall–Kier alpha value is -2.11. The molecule has 0 amide bonds. The minimum absolute atomic E-state index is 0.0348. The maximum absolute atomic E-state index is 11.5. The molecule has 23 heavy (non-hydrogen) atoms. The number of hydrogen-bond donors (Lipinski definition) is 1. The SMILES string of the molecule is CC(=O)c1cc(CN2CCOc3ccc(CO)cc3C2)n(C)c1. The molecule has 0 saturated carbocycles. The van der Waals surface area contributed by atoms with Crippen molar-refractivity contribution in [1.82, 2.24) is 9.47 Å². The Bertz CT molecular complexity index is 721. The summed E-state index contributed by atoms with van der Waals surface area (Å²) in [7, 11) is 1.97. The number of ether oxygens (including phenoxy) is 1. The van der Waals surface area contributed by atoms with Gasteiger partial charge in [0.2, 0.25) is 0 Å². The zero-order valence-corrected chi connectivity index (χ0v) is 13.6. The van der Waals surface area contributed by atoms with Crippen LogP contribution in [0.4, 0.5) is 0 Å². The molecule has 1 aliphatic rings. The minimum Gasteiger partial charge on any atom is -0.492 e. The standard InChI is InChI=1S/C18H22N2O3/c1-13(22)15-8-17(19(2)9-15)11-20-5-6-23-18-4-3-14(12-21)7-16(18)10-20/h3-4,7-9,21H,5-6,10-12H2,1-2H3. The highest BCUT2D eigenvalue weighted by molar-refractivity contribution is 5.94. The molecule has 2 aromatic rings. The minimum atomic E-state index is 0.0348. The fraction of sp³-hybridized carbons (Fsp3) is 0.389. The van der Waals surface area contributed by atoms with E-state index in [2.05, 4.69) is 4.90 Å². The topological polar surface area (TPSA) is 54.7 Å². The average Bonchev–Trinajstić information content (AvgIpc) is 2.78. The van der Waals surface area contributed by atoms with Gasteiger partial charge in [-0.2, -0.15) is 0 Å². The second-order valence-electron chi connectivity index (χ2n) is 6.05. The molecule has 122 valence electrons. The predicted octanol–water partition coefficient (Wildman–Crippen LogP) is 2.11. The summed E-state index contributed by atoms with van der Waals surface area (Å²) < 4.78 is 7.81. The quantitative estimate of drug-likeness (QED) is 0.878. The molecule has 1 aromatic heterocycles. The van der Waals surface area contributed by atoms with E-state index < -0.39 is 0 Å². The highest BCUT2D eigenvalue weighted by Crippen LogP contribution is 2.25. The van der Waals surface area contributed by atoms with Gasteiger partial charge < -0.3 is 14.4 Å². The molecule has 0 bridgehead atoms. The summed E-state index contributed by atoms with van der Waals surface area (Å²) in [4.78, 5) is 13.8. The number of aryl methyl sites for hydroxylation is 1. The number of benzene rings is 1. The molecule has 0 spiro atoms. The number of carbonyl (C=O) groups is 1. The maximum atomic E-state index is 11.5. The fourth-order valence-electron chi connectivity index (χ4n) is 2.92. The van der Waals surface area contributed by atoms with Gasteiger partial charge in [-0.25, -0.2) is 0 Å². The molecule has 1 N–H and O–H groups in total. The van der Waals surface area contributed by atoms with Gasteiger partial charge in [0, 0.05) is 49.7 Å². The van der Waals surface area contributed by atoms with E-state index in [-0.39, 0.29) is 12.4 Å². The first-order valence-corrected chi connectivity index (χ1v) is 7.81. The van der Waals surface area contributed by atoms with Crippen molar-refractivity contribution in [3.05, 3.63) is 52.8 Å². The smallest absolute Gasteiger partial charge is 0.161 e. The van der Waals surface area contributed by atoms with Crippen LogP contribution in [0.3, 0.4) is 0 Å². The molecule has 2 heterocycles. The van der Waals surface area contributed by atoms with Crippen LogP contribution in [0.1, 0.15) is 34.1 Å². The molecule has 0 radical (unpaired) electrons. The molecule has 0 saturated heterocycles. The number of hydrogen-bond acceptors (Lipinski definition) is 4. The predicted molar refractivity (Wildman–Crippen MR) is 87.4 cm³/mol. The van der Waals surface area contributed by atoms with E-state index >= 15 is 0 Å². The van der Waals surface area contributed by atoms with Crippen LogP contribution in [0, 0.1) is 0 Å². The Morgan fingerprint density at radius 2 is 2.17 bits per heavy atom. The zero-order valence-electron chi connectivity index (χ0n) is 13.6. The summed E-state index contributed by atoms with van der Waals surface area (Å²) >= 11 is 0. The molecule has 1 aromatic carbocycles. The lowest BCUT2D eigenvalue weighted by Gasteiger charge is -2.19. The second-order valence-corrected chi connectivity index (χ2v) is 6.05. The van der Waals surface area contributed by atoms with Gasteiger partial charge in [-0.15, -0.1) is 0 Å². The molecular weight excluding hydrogens is 292 g/mol. The number of aliphatic hydroxyl groups is 1. The van der Waals surface area contributed by atoms with Crippen molar-refractivity contribution in [2.45, 2.75) is 26.6 Å². The highest BCUT2D eigenvalue weighted by Gasteiger charge is 2.17. The van der Waals surface area contributed by atoms with Crippen LogP contribution in [-0.2, 0) is 26.7 Å². The number of nitrogens with zero attached hydrogens (tertiary/aromatic N) is 2. The van der Waals surface area contributed by atoms with Crippen LogP contribution >= 0.6 is 0 Å². The van der Waals surface area contributed by atoms with E-state index in [9.17, 15) is 9.90 Å². The number of aromatic nitrogens is 1. The fourth-order valence-corrected chi connectivity index (χ4v) is 2.92. The Balaban J connectivity index is 1.79. The lowest BCUT2D eigenvalue weighted by atomic mass is 10.1. The Kier molecular flexibility index (Phi) is 4.50. The summed E-state index contributed by atoms with van der Waals surface area (Å²) in [6.07, 6.45) is 1.88. The third-order valence-electron chi connectivity index (χ3n) is 4.27. The summed E-state index contributed by atoms with van der Waals surface area (Å²) in [5.74, 6) is 0.977. The van der Waals surface area contributed by atoms with Crippen molar-refractivity contribution in [3.63, 3.8) is 0 Å². The molecular formula is C18H22N2O3. The molecule has 5 heteroatoms. The summed E-state index contributed by atoms with van der Waals surface area (Å²) in [6.45, 7) is 4.61. The number of Topliss-reactive ketones (excluding diaryl/α,β-unsaturated/α-hetero) is 1. The van der Waals surface area contributed by atoms with Gasteiger partial charge in [0.15, 0.2) is 5.78 Å². The molecule has 0 fully saturated rings. The van der Waals surface area contributed by atoms with Gasteiger partial charge >= 0.3 is 0 Å². The van der Waals surface area contributed by atoms with Crippen LogP contribution in [0.15, 0.2) is 30.5 Å². The lowest BCUT2D eigenvalue weighted by Crippen LogP contribution is -2.26. The number of fused-ring (bicyclic) bond motifs is 1. The van der Waals surface area contributed by atoms with E-state index in [1.165, 1.54) is 0 Å². The van der Waals surface area contributed by atoms with Gasteiger partial charge in [0.05, 0.1) is 6.61 Å². The normalized spacial score (nSPS) is 14.9. The van der Waals surface area contributed by atoms with E-state index in [0.29, 0.717) is 6.61 Å². The third kappa shape index (κ3) is 3.46. The van der Waals surface area contributed by atoms with Crippen molar-refractivity contribution in [1.29, 1.82) is 0 Å². The first-order chi connectivity index (χ1) is 11.1. The average molecular weight is 314 g/mol. The molecule has 5 nitrogen and oxygen atoms in total. The van der Waals surface area contributed by atoms with Gasteiger partial charge in [-0.3, -0.25) is 9.69 Å². The van der Waals surface area contributed by atoms with Crippen molar-refractivity contribution in [2.75, 3.05) is 13.2 Å². The first kappa shape index (κ1) is 15.8. The van der Waals surface area contributed by atoms with E-state index in [4.69, 9.17) is 4.74 Å². The van der Waals surface area contributed by atoms with Crippen LogP contribution in [0.5, 0.6) is 5.75 Å². The molecule has 0 aliphatic carbocycles. The largest absolute Gasteiger partial charge is 0.492 e. The zero-order chi connectivity index (χ0) is 16.4. The molecule has 3 rings (SSSR count). The number of ketones is 1. The van der Waals surface area contributed by atoms with E-state index in [1.807, 2.05) is 42.1 Å². The first-order valence-electron chi connectivity index (χ1n) is 7.81. The van der Waals surface area contributed by atoms with Crippen molar-refractivity contribution >= 4 is 5.78 Å². The lowest BCUT2D eigenvalue weighted by molar-refractivity contribution is 0.101. The van der Waals surface area contributed by atoms with Gasteiger partial charge in [-0.1, -0.05) is 6.07 Å². The number of carbonyl (C=O) groups excluding carboxylic acids is 1. The monoisotopic (exact) mass is 314 g/mol. The number of aliphatic hydroxyl groups excluding tert-OH is 1. The third-order valence-corrected chi connectivity index (χ3v) is 4.27. The molecule has 1 aliphatic heterocycles. The van der Waals surface area contributed by atoms with E-state index in [1.54, 1.807) is 6.92 Å². The Morgan fingerprint density at radius 1 is 1.35 bits per heavy atom. The molecule has 0 atom stereocenters. The van der Waals surface area contributed by atoms with Crippen molar-refractivity contribution in [2.24, 2.45) is 7.05 Å². The van der Waals surface area contributed by atoms with Gasteiger partial charge in [-0.05, 0) is 30.7 Å². The maximum Gasteiger partial charge on any atom is 0.161 e. The van der Waals surface area contributed by atoms with Gasteiger partial charge in [0.25, 0.3) is 0 Å².